The second-order valence-electron chi connectivity index (χ2n) is 6.01. The van der Waals surface area contributed by atoms with Crippen molar-refractivity contribution in [3.8, 4) is 5.75 Å². The maximum absolute atomic E-state index is 12.5. The predicted octanol–water partition coefficient (Wildman–Crippen LogP) is 2.91. The number of rotatable bonds is 5. The topological polar surface area (TPSA) is 86.5 Å². The molecule has 0 aliphatic carbocycles. The van der Waals surface area contributed by atoms with Gasteiger partial charge in [-0.25, -0.2) is 0 Å². The summed E-state index contributed by atoms with van der Waals surface area (Å²) in [7, 11) is -6.13. The van der Waals surface area contributed by atoms with Gasteiger partial charge in [0.05, 0.1) is 13.0 Å². The Bertz CT molecular complexity index is 843. The van der Waals surface area contributed by atoms with E-state index >= 15 is 0 Å². The van der Waals surface area contributed by atoms with E-state index in [0.29, 0.717) is 0 Å². The van der Waals surface area contributed by atoms with E-state index in [1.165, 1.54) is 18.2 Å². The van der Waals surface area contributed by atoms with Gasteiger partial charge in [-0.3, -0.25) is 10.1 Å². The quantitative estimate of drug-likeness (QED) is 0.358. The molecule has 23 heavy (non-hydrogen) atoms. The van der Waals surface area contributed by atoms with Crippen LogP contribution in [-0.4, -0.2) is 21.4 Å². The Hall–Kier alpha value is -2.19. The molecule has 0 aliphatic rings. The van der Waals surface area contributed by atoms with E-state index < -0.39 is 33.7 Å². The molecule has 0 aromatic heterocycles. The van der Waals surface area contributed by atoms with Gasteiger partial charge in [-0.2, -0.15) is 8.42 Å². The average molecular weight is 351 g/mol. The van der Waals surface area contributed by atoms with Crippen LogP contribution in [0.1, 0.15) is 0 Å². The Labute approximate surface area is 136 Å². The molecule has 0 spiro atoms. The third-order valence-corrected chi connectivity index (χ3v) is 6.54. The number of para-hydroxylation sites is 2. The van der Waals surface area contributed by atoms with Crippen LogP contribution in [0.3, 0.4) is 0 Å². The number of hydrogen-bond acceptors (Lipinski definition) is 5. The van der Waals surface area contributed by atoms with E-state index in [2.05, 4.69) is 19.6 Å². The van der Waals surface area contributed by atoms with Crippen molar-refractivity contribution in [3.63, 3.8) is 0 Å². The maximum atomic E-state index is 12.5. The summed E-state index contributed by atoms with van der Waals surface area (Å²) in [5.41, 5.74) is -0.502. The van der Waals surface area contributed by atoms with Crippen LogP contribution in [0.2, 0.25) is 19.6 Å². The first kappa shape index (κ1) is 17.2. The lowest BCUT2D eigenvalue weighted by Gasteiger charge is -2.20. The molecule has 6 nitrogen and oxygen atoms in total. The number of nitrogens with zero attached hydrogens (tertiary/aromatic N) is 1. The first-order valence-corrected chi connectivity index (χ1v) is 11.8. The van der Waals surface area contributed by atoms with Crippen molar-refractivity contribution in [1.82, 2.24) is 0 Å². The van der Waals surface area contributed by atoms with Crippen LogP contribution >= 0.6 is 0 Å². The van der Waals surface area contributed by atoms with Gasteiger partial charge in [0.25, 0.3) is 5.69 Å². The number of nitro groups is 1. The van der Waals surface area contributed by atoms with Crippen molar-refractivity contribution in [2.75, 3.05) is 0 Å². The van der Waals surface area contributed by atoms with Gasteiger partial charge < -0.3 is 4.18 Å². The summed E-state index contributed by atoms with van der Waals surface area (Å²) in [5, 5.41) is 11.9. The van der Waals surface area contributed by atoms with Crippen LogP contribution in [0.15, 0.2) is 53.4 Å². The van der Waals surface area contributed by atoms with Crippen LogP contribution < -0.4 is 9.37 Å². The van der Waals surface area contributed by atoms with Gasteiger partial charge in [0.15, 0.2) is 4.90 Å². The highest BCUT2D eigenvalue weighted by molar-refractivity contribution is 7.87. The zero-order valence-corrected chi connectivity index (χ0v) is 14.8. The second-order valence-corrected chi connectivity index (χ2v) is 12.6. The van der Waals surface area contributed by atoms with Gasteiger partial charge >= 0.3 is 10.1 Å². The van der Waals surface area contributed by atoms with Crippen molar-refractivity contribution in [3.05, 3.63) is 58.6 Å². The molecule has 0 N–H and O–H groups in total. The monoisotopic (exact) mass is 351 g/mol. The zero-order valence-electron chi connectivity index (χ0n) is 13.0. The van der Waals surface area contributed by atoms with Gasteiger partial charge in [-0.05, 0) is 17.3 Å². The minimum atomic E-state index is -4.29. The zero-order chi connectivity index (χ0) is 17.3. The lowest BCUT2D eigenvalue weighted by Crippen LogP contribution is -2.39. The van der Waals surface area contributed by atoms with Crippen LogP contribution in [-0.2, 0) is 10.1 Å². The molecule has 0 radical (unpaired) electrons. The Morgan fingerprint density at radius 1 is 1.00 bits per heavy atom. The molecule has 2 aromatic rings. The van der Waals surface area contributed by atoms with Gasteiger partial charge in [-0.1, -0.05) is 50.0 Å². The Morgan fingerprint density at radius 2 is 1.57 bits per heavy atom. The van der Waals surface area contributed by atoms with Crippen molar-refractivity contribution >= 4 is 29.1 Å². The van der Waals surface area contributed by atoms with Crippen molar-refractivity contribution < 1.29 is 17.5 Å². The van der Waals surface area contributed by atoms with Gasteiger partial charge in [-0.15, -0.1) is 0 Å². The molecule has 2 aromatic carbocycles. The smallest absolute Gasteiger partial charge is 0.346 e. The summed E-state index contributed by atoms with van der Waals surface area (Å²) in [5.74, 6) is 0.227. The fourth-order valence-electron chi connectivity index (χ4n) is 2.14. The van der Waals surface area contributed by atoms with E-state index in [4.69, 9.17) is 4.18 Å². The predicted molar refractivity (Wildman–Crippen MR) is 90.3 cm³/mol. The molecule has 0 saturated carbocycles. The van der Waals surface area contributed by atoms with E-state index in [0.717, 1.165) is 11.3 Å². The van der Waals surface area contributed by atoms with Gasteiger partial charge in [0, 0.05) is 6.07 Å². The summed E-state index contributed by atoms with van der Waals surface area (Å²) in [4.78, 5) is 9.86. The highest BCUT2D eigenvalue weighted by Gasteiger charge is 2.29. The molecule has 0 aliphatic heterocycles. The molecule has 8 heteroatoms. The molecular weight excluding hydrogens is 334 g/mol. The highest BCUT2D eigenvalue weighted by Crippen LogP contribution is 2.26. The number of hydrogen-bond donors (Lipinski definition) is 0. The van der Waals surface area contributed by atoms with Crippen LogP contribution in [0, 0.1) is 10.1 Å². The third-order valence-electron chi connectivity index (χ3n) is 3.23. The summed E-state index contributed by atoms with van der Waals surface area (Å²) in [6, 6.07) is 12.0. The van der Waals surface area contributed by atoms with E-state index in [-0.39, 0.29) is 5.75 Å². The Kier molecular flexibility index (Phi) is 4.57. The first-order valence-electron chi connectivity index (χ1n) is 6.90. The summed E-state index contributed by atoms with van der Waals surface area (Å²) < 4.78 is 30.2. The standard InChI is InChI=1S/C15H17NO5SSi/c1-23(2,3)15-11-7-5-9-13(15)21-22(19,20)14-10-6-4-8-12(14)16(17)18/h4-11H,1-3H3. The molecule has 0 fully saturated rings. The summed E-state index contributed by atoms with van der Waals surface area (Å²) >= 11 is 0. The lowest BCUT2D eigenvalue weighted by molar-refractivity contribution is -0.387. The van der Waals surface area contributed by atoms with Crippen LogP contribution in [0.4, 0.5) is 5.69 Å². The second kappa shape index (κ2) is 6.13. The Morgan fingerprint density at radius 3 is 2.17 bits per heavy atom. The highest BCUT2D eigenvalue weighted by atomic mass is 32.2. The van der Waals surface area contributed by atoms with Crippen LogP contribution in [0.25, 0.3) is 0 Å². The fraction of sp³-hybridized carbons (Fsp3) is 0.200. The summed E-state index contributed by atoms with van der Waals surface area (Å²) in [6.07, 6.45) is 0. The molecule has 0 bridgehead atoms. The molecule has 0 heterocycles. The minimum absolute atomic E-state index is 0.227. The fourth-order valence-corrected chi connectivity index (χ4v) is 4.80. The maximum Gasteiger partial charge on any atom is 0.346 e. The van der Waals surface area contributed by atoms with Crippen molar-refractivity contribution in [2.24, 2.45) is 0 Å². The van der Waals surface area contributed by atoms with E-state index in [1.807, 2.05) is 12.1 Å². The number of benzene rings is 2. The molecule has 0 atom stereocenters. The molecule has 122 valence electrons. The summed E-state index contributed by atoms with van der Waals surface area (Å²) in [6.45, 7) is 6.19. The molecular formula is C15H17NO5SSi. The molecule has 0 saturated heterocycles. The van der Waals surface area contributed by atoms with Gasteiger partial charge in [0.2, 0.25) is 0 Å². The van der Waals surface area contributed by atoms with Crippen molar-refractivity contribution in [2.45, 2.75) is 24.5 Å². The third kappa shape index (κ3) is 3.77. The van der Waals surface area contributed by atoms with E-state index in [9.17, 15) is 18.5 Å². The number of nitro benzene ring substituents is 1. The molecule has 0 amide bonds. The van der Waals surface area contributed by atoms with Crippen molar-refractivity contribution in [1.29, 1.82) is 0 Å². The van der Waals surface area contributed by atoms with Crippen LogP contribution in [0.5, 0.6) is 5.75 Å². The molecule has 0 unspecified atom stereocenters. The molecule has 2 rings (SSSR count). The first-order chi connectivity index (χ1) is 10.6. The SMILES string of the molecule is C[Si](C)(C)c1ccccc1OS(=O)(=O)c1ccccc1[N+](=O)[O-]. The average Bonchev–Trinajstić information content (AvgIpc) is 2.46. The van der Waals surface area contributed by atoms with Gasteiger partial charge in [0.1, 0.15) is 5.75 Å². The largest absolute Gasteiger partial charge is 0.379 e. The lowest BCUT2D eigenvalue weighted by atomic mass is 10.3. The Balaban J connectivity index is 2.51. The minimum Gasteiger partial charge on any atom is -0.379 e. The normalized spacial score (nSPS) is 12.0. The van der Waals surface area contributed by atoms with E-state index in [1.54, 1.807) is 12.1 Å².